The van der Waals surface area contributed by atoms with Crippen molar-refractivity contribution in [3.63, 3.8) is 0 Å². The number of rotatable bonds is 1. The van der Waals surface area contributed by atoms with E-state index in [4.69, 9.17) is 15.1 Å². The first-order valence-corrected chi connectivity index (χ1v) is 4.21. The van der Waals surface area contributed by atoms with Crippen molar-refractivity contribution in [2.24, 2.45) is 0 Å². The predicted molar refractivity (Wildman–Crippen MR) is 42.3 cm³/mol. The Kier molecular flexibility index (Phi) is 4.04. The summed E-state index contributed by atoms with van der Waals surface area (Å²) in [5, 5.41) is 36.4. The van der Waals surface area contributed by atoms with Crippen LogP contribution in [0.15, 0.2) is 0 Å². The Morgan fingerprint density at radius 1 is 1.23 bits per heavy atom. The standard InChI is InChI=1S/C7H15NO5/c9-3-4-1-2-5(10)6(11)7(12)8-13-4/h4-12H,1-3H2. The second-order valence-electron chi connectivity index (χ2n) is 3.12. The molecule has 1 aliphatic heterocycles. The zero-order chi connectivity index (χ0) is 9.84. The summed E-state index contributed by atoms with van der Waals surface area (Å²) < 4.78 is 0. The Bertz CT molecular complexity index is 142. The van der Waals surface area contributed by atoms with Crippen molar-refractivity contribution in [1.29, 1.82) is 0 Å². The number of hydrogen-bond donors (Lipinski definition) is 5. The van der Waals surface area contributed by atoms with Crippen molar-refractivity contribution in [1.82, 2.24) is 5.48 Å². The van der Waals surface area contributed by atoms with Crippen LogP contribution in [-0.4, -0.2) is 51.6 Å². The quantitative estimate of drug-likeness (QED) is 0.321. The van der Waals surface area contributed by atoms with Crippen molar-refractivity contribution >= 4 is 0 Å². The largest absolute Gasteiger partial charge is 0.394 e. The lowest BCUT2D eigenvalue weighted by Gasteiger charge is -2.29. The number of aliphatic hydroxyl groups is 4. The van der Waals surface area contributed by atoms with Gasteiger partial charge in [0.15, 0.2) is 6.23 Å². The topological polar surface area (TPSA) is 102 Å². The maximum absolute atomic E-state index is 9.28. The summed E-state index contributed by atoms with van der Waals surface area (Å²) in [7, 11) is 0. The zero-order valence-electron chi connectivity index (χ0n) is 7.13. The molecular weight excluding hydrogens is 178 g/mol. The molecule has 4 atom stereocenters. The average molecular weight is 193 g/mol. The fraction of sp³-hybridized carbons (Fsp3) is 1.00. The third kappa shape index (κ3) is 2.87. The number of hydrogen-bond acceptors (Lipinski definition) is 6. The maximum atomic E-state index is 9.28. The first-order valence-electron chi connectivity index (χ1n) is 4.21. The van der Waals surface area contributed by atoms with Crippen molar-refractivity contribution in [3.05, 3.63) is 0 Å². The molecule has 1 rings (SSSR count). The maximum Gasteiger partial charge on any atom is 0.155 e. The van der Waals surface area contributed by atoms with Gasteiger partial charge >= 0.3 is 0 Å². The van der Waals surface area contributed by atoms with Crippen molar-refractivity contribution in [2.75, 3.05) is 6.61 Å². The highest BCUT2D eigenvalue weighted by atomic mass is 16.7. The van der Waals surface area contributed by atoms with Gasteiger partial charge < -0.3 is 20.4 Å². The molecule has 0 radical (unpaired) electrons. The molecule has 1 saturated heterocycles. The molecule has 1 fully saturated rings. The van der Waals surface area contributed by atoms with Crippen LogP contribution < -0.4 is 5.48 Å². The minimum Gasteiger partial charge on any atom is -0.394 e. The molecule has 1 aliphatic rings. The van der Waals surface area contributed by atoms with Gasteiger partial charge in [0.05, 0.1) is 12.7 Å². The van der Waals surface area contributed by atoms with E-state index in [1.54, 1.807) is 0 Å². The molecule has 4 unspecified atom stereocenters. The molecule has 78 valence electrons. The van der Waals surface area contributed by atoms with Crippen molar-refractivity contribution in [2.45, 2.75) is 37.4 Å². The first-order chi connectivity index (χ1) is 6.15. The van der Waals surface area contributed by atoms with E-state index in [1.165, 1.54) is 0 Å². The second kappa shape index (κ2) is 4.85. The highest BCUT2D eigenvalue weighted by Crippen LogP contribution is 2.12. The fourth-order valence-corrected chi connectivity index (χ4v) is 1.16. The summed E-state index contributed by atoms with van der Waals surface area (Å²) in [6.45, 7) is -0.192. The molecule has 6 heteroatoms. The molecule has 0 aromatic rings. The van der Waals surface area contributed by atoms with E-state index >= 15 is 0 Å². The summed E-state index contributed by atoms with van der Waals surface area (Å²) in [5.74, 6) is 0. The van der Waals surface area contributed by atoms with Gasteiger partial charge in [-0.25, -0.2) is 0 Å². The summed E-state index contributed by atoms with van der Waals surface area (Å²) in [4.78, 5) is 4.84. The van der Waals surface area contributed by atoms with Crippen LogP contribution in [0.5, 0.6) is 0 Å². The van der Waals surface area contributed by atoms with E-state index in [1.807, 2.05) is 0 Å². The molecule has 6 nitrogen and oxygen atoms in total. The Labute approximate surface area is 75.7 Å². The third-order valence-electron chi connectivity index (χ3n) is 2.06. The van der Waals surface area contributed by atoms with E-state index in [9.17, 15) is 10.2 Å². The second-order valence-corrected chi connectivity index (χ2v) is 3.12. The van der Waals surface area contributed by atoms with Gasteiger partial charge in [-0.1, -0.05) is 0 Å². The van der Waals surface area contributed by atoms with Crippen LogP contribution in [0.2, 0.25) is 0 Å². The predicted octanol–water partition coefficient (Wildman–Crippen LogP) is -2.30. The van der Waals surface area contributed by atoms with Crippen LogP contribution in [0.3, 0.4) is 0 Å². The number of hydroxylamine groups is 1. The zero-order valence-corrected chi connectivity index (χ0v) is 7.13. The van der Waals surface area contributed by atoms with Crippen LogP contribution in [-0.2, 0) is 4.84 Å². The molecule has 0 saturated carbocycles. The lowest BCUT2D eigenvalue weighted by molar-refractivity contribution is -0.180. The molecule has 1 heterocycles. The minimum absolute atomic E-state index is 0.192. The molecular formula is C7H15NO5. The average Bonchev–Trinajstić information content (AvgIpc) is 2.14. The SMILES string of the molecule is OCC1CCC(O)C(O)C(O)NO1. The lowest BCUT2D eigenvalue weighted by atomic mass is 10.0. The van der Waals surface area contributed by atoms with Crippen LogP contribution in [0, 0.1) is 0 Å². The number of nitrogens with one attached hydrogen (secondary N) is 1. The van der Waals surface area contributed by atoms with Gasteiger partial charge in [-0.05, 0) is 12.8 Å². The van der Waals surface area contributed by atoms with Crippen LogP contribution in [0.1, 0.15) is 12.8 Å². The van der Waals surface area contributed by atoms with E-state index in [0.29, 0.717) is 6.42 Å². The van der Waals surface area contributed by atoms with Gasteiger partial charge in [-0.2, -0.15) is 5.48 Å². The van der Waals surface area contributed by atoms with Crippen molar-refractivity contribution in [3.8, 4) is 0 Å². The molecule has 0 bridgehead atoms. The van der Waals surface area contributed by atoms with Gasteiger partial charge in [-0.15, -0.1) is 0 Å². The monoisotopic (exact) mass is 193 g/mol. The lowest BCUT2D eigenvalue weighted by Crippen LogP contribution is -2.50. The van der Waals surface area contributed by atoms with Gasteiger partial charge in [0.25, 0.3) is 0 Å². The Morgan fingerprint density at radius 3 is 2.54 bits per heavy atom. The molecule has 0 aliphatic carbocycles. The molecule has 0 spiro atoms. The normalized spacial score (nSPS) is 42.5. The molecule has 5 N–H and O–H groups in total. The van der Waals surface area contributed by atoms with Gasteiger partial charge in [-0.3, -0.25) is 4.84 Å². The summed E-state index contributed by atoms with van der Waals surface area (Å²) in [6, 6.07) is 0. The van der Waals surface area contributed by atoms with E-state index in [0.717, 1.165) is 0 Å². The van der Waals surface area contributed by atoms with Crippen LogP contribution >= 0.6 is 0 Å². The van der Waals surface area contributed by atoms with Crippen LogP contribution in [0.4, 0.5) is 0 Å². The first kappa shape index (κ1) is 10.8. The smallest absolute Gasteiger partial charge is 0.155 e. The fourth-order valence-electron chi connectivity index (χ4n) is 1.16. The van der Waals surface area contributed by atoms with Gasteiger partial charge in [0, 0.05) is 0 Å². The Balaban J connectivity index is 2.48. The van der Waals surface area contributed by atoms with Crippen LogP contribution in [0.25, 0.3) is 0 Å². The number of aliphatic hydroxyl groups excluding tert-OH is 4. The summed E-state index contributed by atoms with van der Waals surface area (Å²) in [6.07, 6.45) is -3.35. The molecule has 13 heavy (non-hydrogen) atoms. The van der Waals surface area contributed by atoms with Gasteiger partial charge in [0.2, 0.25) is 0 Å². The third-order valence-corrected chi connectivity index (χ3v) is 2.06. The van der Waals surface area contributed by atoms with Gasteiger partial charge in [0.1, 0.15) is 12.2 Å². The summed E-state index contributed by atoms with van der Waals surface area (Å²) >= 11 is 0. The highest BCUT2D eigenvalue weighted by molar-refractivity contribution is 4.75. The molecule has 0 aromatic carbocycles. The van der Waals surface area contributed by atoms with Crippen molar-refractivity contribution < 1.29 is 25.3 Å². The van der Waals surface area contributed by atoms with E-state index in [-0.39, 0.29) is 13.0 Å². The summed E-state index contributed by atoms with van der Waals surface area (Å²) in [5.41, 5.74) is 2.15. The molecule has 0 amide bonds. The van der Waals surface area contributed by atoms with E-state index < -0.39 is 24.5 Å². The van der Waals surface area contributed by atoms with E-state index in [2.05, 4.69) is 5.48 Å². The molecule has 0 aromatic heterocycles. The minimum atomic E-state index is -1.33. The Morgan fingerprint density at radius 2 is 1.92 bits per heavy atom. The highest BCUT2D eigenvalue weighted by Gasteiger charge is 2.28. The Hall–Kier alpha value is -0.240.